The lowest BCUT2D eigenvalue weighted by atomic mass is 10.1. The minimum atomic E-state index is -0.730. The number of ketones is 1. The third-order valence-electron chi connectivity index (χ3n) is 4.44. The van der Waals surface area contributed by atoms with Crippen LogP contribution in [0.15, 0.2) is 46.2 Å². The Kier molecular flexibility index (Phi) is 7.37. The fourth-order valence-corrected chi connectivity index (χ4v) is 3.87. The third-order valence-corrected chi connectivity index (χ3v) is 5.41. The molecule has 0 aliphatic rings. The van der Waals surface area contributed by atoms with E-state index in [9.17, 15) is 14.4 Å². The molecule has 1 amide bonds. The fraction of sp³-hybridized carbons (Fsp3) is 0.273. The second kappa shape index (κ2) is 10.2. The molecule has 0 saturated heterocycles. The maximum atomic E-state index is 12.6. The van der Waals surface area contributed by atoms with E-state index in [1.54, 1.807) is 33.4 Å². The van der Waals surface area contributed by atoms with Gasteiger partial charge < -0.3 is 13.9 Å². The minimum absolute atomic E-state index is 0.00159. The molecule has 168 valence electrons. The van der Waals surface area contributed by atoms with Gasteiger partial charge >= 0.3 is 5.97 Å². The predicted molar refractivity (Wildman–Crippen MR) is 119 cm³/mol. The summed E-state index contributed by atoms with van der Waals surface area (Å²) < 4.78 is 17.6. The number of Topliss-reactive ketones (excluding diaryl/α,β-unsaturated/α-hetero) is 1. The van der Waals surface area contributed by atoms with E-state index >= 15 is 0 Å². The number of furan rings is 1. The van der Waals surface area contributed by atoms with Gasteiger partial charge in [-0.1, -0.05) is 17.8 Å². The van der Waals surface area contributed by atoms with Gasteiger partial charge in [0.25, 0.3) is 0 Å². The zero-order chi connectivity index (χ0) is 23.3. The molecule has 2 heterocycles. The monoisotopic (exact) mass is 457 g/mol. The van der Waals surface area contributed by atoms with Crippen LogP contribution in [-0.4, -0.2) is 46.7 Å². The van der Waals surface area contributed by atoms with Crippen LogP contribution in [0.5, 0.6) is 5.75 Å². The highest BCUT2D eigenvalue weighted by atomic mass is 32.2. The average molecular weight is 458 g/mol. The Balaban J connectivity index is 1.76. The summed E-state index contributed by atoms with van der Waals surface area (Å²) in [4.78, 5) is 41.3. The number of rotatable bonds is 9. The molecule has 10 heteroatoms. The summed E-state index contributed by atoms with van der Waals surface area (Å²) in [5.74, 6) is -0.686. The number of carbonyl (C=O) groups excluding carboxylic acids is 3. The highest BCUT2D eigenvalue weighted by Crippen LogP contribution is 2.29. The Morgan fingerprint density at radius 1 is 1.25 bits per heavy atom. The van der Waals surface area contributed by atoms with Crippen molar-refractivity contribution in [2.45, 2.75) is 25.9 Å². The number of imidazole rings is 1. The molecule has 1 aromatic carbocycles. The number of hydrogen-bond donors (Lipinski definition) is 1. The fourth-order valence-electron chi connectivity index (χ4n) is 3.10. The van der Waals surface area contributed by atoms with E-state index < -0.39 is 11.9 Å². The lowest BCUT2D eigenvalue weighted by Gasteiger charge is -2.09. The average Bonchev–Trinajstić information content (AvgIpc) is 3.36. The summed E-state index contributed by atoms with van der Waals surface area (Å²) in [7, 11) is 1.59. The van der Waals surface area contributed by atoms with Gasteiger partial charge in [-0.25, -0.2) is 9.78 Å². The molecule has 3 rings (SSSR count). The van der Waals surface area contributed by atoms with Gasteiger partial charge in [-0.15, -0.1) is 0 Å². The first-order chi connectivity index (χ1) is 15.3. The van der Waals surface area contributed by atoms with Crippen molar-refractivity contribution in [3.05, 3.63) is 53.5 Å². The number of esters is 1. The maximum Gasteiger partial charge on any atom is 0.344 e. The standard InChI is InChI=1S/C22H23N3O6S/c1-5-30-21(28)19-18(13(2)26)14(3)31-20(19)24-17(27)12-32-22-23-9-10-25(22)15-7-6-8-16(11-15)29-4/h6-11H,5,12H2,1-4H3,(H,24,27). The van der Waals surface area contributed by atoms with Gasteiger partial charge in [-0.2, -0.15) is 0 Å². The number of carbonyl (C=O) groups is 3. The topological polar surface area (TPSA) is 113 Å². The van der Waals surface area contributed by atoms with E-state index in [2.05, 4.69) is 10.3 Å². The number of ether oxygens (including phenoxy) is 2. The quantitative estimate of drug-likeness (QED) is 0.293. The Bertz CT molecular complexity index is 1150. The molecule has 0 fully saturated rings. The number of aryl methyl sites for hydroxylation is 1. The lowest BCUT2D eigenvalue weighted by Crippen LogP contribution is -2.18. The zero-order valence-electron chi connectivity index (χ0n) is 18.1. The molecule has 0 radical (unpaired) electrons. The van der Waals surface area contributed by atoms with Crippen LogP contribution >= 0.6 is 11.8 Å². The Hall–Kier alpha value is -3.53. The number of hydrogen-bond acceptors (Lipinski definition) is 8. The van der Waals surface area contributed by atoms with Gasteiger partial charge in [0, 0.05) is 18.5 Å². The van der Waals surface area contributed by atoms with Crippen LogP contribution in [0.1, 0.15) is 40.3 Å². The normalized spacial score (nSPS) is 10.6. The van der Waals surface area contributed by atoms with Crippen molar-refractivity contribution in [2.24, 2.45) is 0 Å². The molecule has 0 aliphatic carbocycles. The van der Waals surface area contributed by atoms with E-state index in [0.29, 0.717) is 10.9 Å². The number of nitrogens with zero attached hydrogens (tertiary/aromatic N) is 2. The van der Waals surface area contributed by atoms with Gasteiger partial charge in [0.05, 0.1) is 30.7 Å². The molecule has 9 nitrogen and oxygen atoms in total. The number of thioether (sulfide) groups is 1. The highest BCUT2D eigenvalue weighted by molar-refractivity contribution is 7.99. The van der Waals surface area contributed by atoms with Crippen LogP contribution in [0.4, 0.5) is 5.88 Å². The largest absolute Gasteiger partial charge is 0.497 e. The molecule has 0 atom stereocenters. The number of methoxy groups -OCH3 is 1. The Labute approximate surface area is 189 Å². The molecular formula is C22H23N3O6S. The van der Waals surface area contributed by atoms with Crippen LogP contribution in [0.3, 0.4) is 0 Å². The van der Waals surface area contributed by atoms with Crippen LogP contribution in [0.25, 0.3) is 5.69 Å². The van der Waals surface area contributed by atoms with E-state index in [1.165, 1.54) is 18.7 Å². The van der Waals surface area contributed by atoms with E-state index in [4.69, 9.17) is 13.9 Å². The van der Waals surface area contributed by atoms with Crippen LogP contribution < -0.4 is 10.1 Å². The number of aromatic nitrogens is 2. The molecule has 0 unspecified atom stereocenters. The third kappa shape index (κ3) is 5.02. The molecular weight excluding hydrogens is 434 g/mol. The van der Waals surface area contributed by atoms with Crippen LogP contribution in [0.2, 0.25) is 0 Å². The number of anilines is 1. The first kappa shape index (κ1) is 23.1. The first-order valence-corrected chi connectivity index (χ1v) is 10.8. The van der Waals surface area contributed by atoms with Crippen molar-refractivity contribution in [1.29, 1.82) is 0 Å². The molecule has 3 aromatic rings. The van der Waals surface area contributed by atoms with E-state index in [1.807, 2.05) is 28.8 Å². The summed E-state index contributed by atoms with van der Waals surface area (Å²) in [6.07, 6.45) is 3.41. The zero-order valence-corrected chi connectivity index (χ0v) is 18.9. The number of amides is 1. The maximum absolute atomic E-state index is 12.6. The van der Waals surface area contributed by atoms with Gasteiger partial charge in [0.2, 0.25) is 11.8 Å². The van der Waals surface area contributed by atoms with Gasteiger partial charge in [0.1, 0.15) is 17.1 Å². The summed E-state index contributed by atoms with van der Waals surface area (Å²) in [5.41, 5.74) is 0.857. The van der Waals surface area contributed by atoms with Crippen molar-refractivity contribution in [1.82, 2.24) is 9.55 Å². The lowest BCUT2D eigenvalue weighted by molar-refractivity contribution is -0.113. The second-order valence-electron chi connectivity index (χ2n) is 6.63. The highest BCUT2D eigenvalue weighted by Gasteiger charge is 2.28. The number of nitrogens with one attached hydrogen (secondary N) is 1. The predicted octanol–water partition coefficient (Wildman–Crippen LogP) is 3.89. The smallest absolute Gasteiger partial charge is 0.344 e. The van der Waals surface area contributed by atoms with E-state index in [0.717, 1.165) is 5.69 Å². The van der Waals surface area contributed by atoms with Gasteiger partial charge in [0.15, 0.2) is 10.9 Å². The minimum Gasteiger partial charge on any atom is -0.497 e. The summed E-state index contributed by atoms with van der Waals surface area (Å²) in [6, 6.07) is 7.45. The van der Waals surface area contributed by atoms with Gasteiger partial charge in [-0.05, 0) is 32.9 Å². The first-order valence-electron chi connectivity index (χ1n) is 9.77. The van der Waals surface area contributed by atoms with Crippen molar-refractivity contribution in [3.63, 3.8) is 0 Å². The van der Waals surface area contributed by atoms with Crippen molar-refractivity contribution in [3.8, 4) is 11.4 Å². The molecule has 2 aromatic heterocycles. The number of benzene rings is 1. The molecule has 0 bridgehead atoms. The van der Waals surface area contributed by atoms with Crippen molar-refractivity contribution in [2.75, 3.05) is 24.8 Å². The van der Waals surface area contributed by atoms with Crippen molar-refractivity contribution >= 4 is 35.3 Å². The molecule has 0 spiro atoms. The second-order valence-corrected chi connectivity index (χ2v) is 7.57. The Morgan fingerprint density at radius 2 is 2.03 bits per heavy atom. The Morgan fingerprint density at radius 3 is 2.72 bits per heavy atom. The van der Waals surface area contributed by atoms with Crippen molar-refractivity contribution < 1.29 is 28.3 Å². The van der Waals surface area contributed by atoms with Crippen LogP contribution in [-0.2, 0) is 9.53 Å². The van der Waals surface area contributed by atoms with Gasteiger partial charge in [-0.3, -0.25) is 19.5 Å². The molecule has 1 N–H and O–H groups in total. The summed E-state index contributed by atoms with van der Waals surface area (Å²) in [5, 5.41) is 3.17. The van der Waals surface area contributed by atoms with Crippen LogP contribution in [0, 0.1) is 6.92 Å². The SMILES string of the molecule is CCOC(=O)c1c(NC(=O)CSc2nccn2-c2cccc(OC)c2)oc(C)c1C(C)=O. The molecule has 32 heavy (non-hydrogen) atoms. The molecule has 0 aliphatic heterocycles. The molecule has 0 saturated carbocycles. The van der Waals surface area contributed by atoms with E-state index in [-0.39, 0.29) is 40.9 Å². The summed E-state index contributed by atoms with van der Waals surface area (Å²) in [6.45, 7) is 4.64. The summed E-state index contributed by atoms with van der Waals surface area (Å²) >= 11 is 1.21.